The molecule has 0 saturated heterocycles. The molecule has 0 bridgehead atoms. The molecular weight excluding hydrogens is 208 g/mol. The Hall–Kier alpha value is -0.800. The maximum absolute atomic E-state index is 11.3. The molecule has 4 heteroatoms. The van der Waals surface area contributed by atoms with Gasteiger partial charge in [0.25, 0.3) is 0 Å². The van der Waals surface area contributed by atoms with Crippen LogP contribution in [0, 0.1) is 0 Å². The van der Waals surface area contributed by atoms with Crippen LogP contribution in [0.2, 0.25) is 5.02 Å². The van der Waals surface area contributed by atoms with Crippen molar-refractivity contribution in [2.75, 3.05) is 0 Å². The number of hydrogen-bond donors (Lipinski definition) is 1. The Balaban J connectivity index is 2.78. The van der Waals surface area contributed by atoms with E-state index in [1.807, 2.05) is 0 Å². The maximum Gasteiger partial charge on any atom is 0.193 e. The monoisotopic (exact) mass is 214 g/mol. The molecule has 1 aromatic carbocycles. The Morgan fingerprint density at radius 2 is 1.77 bits per heavy atom. The molecule has 1 aromatic rings. The van der Waals surface area contributed by atoms with Crippen LogP contribution in [0.25, 0.3) is 0 Å². The lowest BCUT2D eigenvalue weighted by molar-refractivity contribution is -0.110. The second kappa shape index (κ2) is 4.44. The molecule has 68 valence electrons. The SMILES string of the molecule is O=C(S)CC(=O)c1ccc(Cl)cc1. The van der Waals surface area contributed by atoms with E-state index in [-0.39, 0.29) is 12.2 Å². The van der Waals surface area contributed by atoms with Crippen LogP contribution in [0.5, 0.6) is 0 Å². The Kier molecular flexibility index (Phi) is 3.51. The fourth-order valence-corrected chi connectivity index (χ4v) is 1.14. The highest BCUT2D eigenvalue weighted by atomic mass is 35.5. The van der Waals surface area contributed by atoms with E-state index < -0.39 is 5.12 Å². The fourth-order valence-electron chi connectivity index (χ4n) is 0.875. The maximum atomic E-state index is 11.3. The average molecular weight is 215 g/mol. The van der Waals surface area contributed by atoms with Crippen molar-refractivity contribution < 1.29 is 9.59 Å². The third-order valence-corrected chi connectivity index (χ3v) is 1.89. The van der Waals surface area contributed by atoms with Gasteiger partial charge in [0.15, 0.2) is 10.9 Å². The number of carbonyl (C=O) groups excluding carboxylic acids is 2. The summed E-state index contributed by atoms with van der Waals surface area (Å²) in [5, 5.41) is 0.133. The van der Waals surface area contributed by atoms with Gasteiger partial charge in [0.2, 0.25) is 0 Å². The summed E-state index contributed by atoms with van der Waals surface area (Å²) in [5.41, 5.74) is 0.479. The van der Waals surface area contributed by atoms with Crippen LogP contribution in [0.3, 0.4) is 0 Å². The molecule has 0 amide bonds. The lowest BCUT2D eigenvalue weighted by Gasteiger charge is -1.97. The summed E-state index contributed by atoms with van der Waals surface area (Å²) < 4.78 is 0. The van der Waals surface area contributed by atoms with Crippen LogP contribution in [0.1, 0.15) is 16.8 Å². The number of carbonyl (C=O) groups is 2. The summed E-state index contributed by atoms with van der Waals surface area (Å²) in [6.07, 6.45) is -0.176. The van der Waals surface area contributed by atoms with Crippen molar-refractivity contribution in [3.05, 3.63) is 34.9 Å². The first-order valence-electron chi connectivity index (χ1n) is 3.60. The van der Waals surface area contributed by atoms with E-state index in [0.29, 0.717) is 10.6 Å². The van der Waals surface area contributed by atoms with Crippen LogP contribution < -0.4 is 0 Å². The molecule has 0 saturated carbocycles. The van der Waals surface area contributed by atoms with Gasteiger partial charge in [-0.3, -0.25) is 9.59 Å². The van der Waals surface area contributed by atoms with Gasteiger partial charge in [-0.2, -0.15) is 0 Å². The minimum Gasteiger partial charge on any atom is -0.294 e. The highest BCUT2D eigenvalue weighted by molar-refractivity contribution is 7.96. The van der Waals surface area contributed by atoms with Crippen LogP contribution in [0.15, 0.2) is 24.3 Å². The summed E-state index contributed by atoms with van der Waals surface area (Å²) in [6.45, 7) is 0. The lowest BCUT2D eigenvalue weighted by Crippen LogP contribution is -2.02. The van der Waals surface area contributed by atoms with Gasteiger partial charge in [-0.25, -0.2) is 0 Å². The normalized spacial score (nSPS) is 9.69. The van der Waals surface area contributed by atoms with E-state index in [4.69, 9.17) is 11.6 Å². The summed E-state index contributed by atoms with van der Waals surface area (Å²) >= 11 is 9.15. The molecule has 13 heavy (non-hydrogen) atoms. The topological polar surface area (TPSA) is 34.1 Å². The van der Waals surface area contributed by atoms with Gasteiger partial charge in [0.1, 0.15) is 0 Å². The molecule has 0 spiro atoms. The molecular formula is C9H7ClO2S. The highest BCUT2D eigenvalue weighted by Gasteiger charge is 2.08. The van der Waals surface area contributed by atoms with Gasteiger partial charge in [-0.15, -0.1) is 12.6 Å². The van der Waals surface area contributed by atoms with Gasteiger partial charge in [-0.05, 0) is 24.3 Å². The number of halogens is 1. The zero-order chi connectivity index (χ0) is 9.84. The molecule has 0 aliphatic rings. The van der Waals surface area contributed by atoms with Crippen LogP contribution in [0.4, 0.5) is 0 Å². The number of ketones is 1. The summed E-state index contributed by atoms with van der Waals surface area (Å²) in [4.78, 5) is 21.8. The average Bonchev–Trinajstić information content (AvgIpc) is 2.04. The number of rotatable bonds is 3. The second-order valence-electron chi connectivity index (χ2n) is 2.50. The largest absolute Gasteiger partial charge is 0.294 e. The standard InChI is InChI=1S/C9H7ClO2S/c10-7-3-1-6(2-4-7)8(11)5-9(12)13/h1-4H,5H2,(H,12,13). The van der Waals surface area contributed by atoms with Crippen LogP contribution >= 0.6 is 24.2 Å². The summed E-state index contributed by atoms with van der Waals surface area (Å²) in [7, 11) is 0. The quantitative estimate of drug-likeness (QED) is 0.476. The summed E-state index contributed by atoms with van der Waals surface area (Å²) in [5.74, 6) is -0.239. The number of benzene rings is 1. The predicted octanol–water partition coefficient (Wildman–Crippen LogP) is 2.37. The van der Waals surface area contributed by atoms with E-state index in [0.717, 1.165) is 0 Å². The van der Waals surface area contributed by atoms with Gasteiger partial charge in [0, 0.05) is 10.6 Å². The second-order valence-corrected chi connectivity index (χ2v) is 3.44. The molecule has 0 aliphatic carbocycles. The van der Waals surface area contributed by atoms with E-state index in [1.54, 1.807) is 24.3 Å². The smallest absolute Gasteiger partial charge is 0.193 e. The Morgan fingerprint density at radius 3 is 2.23 bits per heavy atom. The van der Waals surface area contributed by atoms with Gasteiger partial charge in [0.05, 0.1) is 6.42 Å². The molecule has 0 aliphatic heterocycles. The van der Waals surface area contributed by atoms with Crippen LogP contribution in [-0.2, 0) is 4.79 Å². The highest BCUT2D eigenvalue weighted by Crippen LogP contribution is 2.11. The Morgan fingerprint density at radius 1 is 1.23 bits per heavy atom. The van der Waals surface area contributed by atoms with E-state index in [1.165, 1.54) is 0 Å². The molecule has 2 nitrogen and oxygen atoms in total. The Labute approximate surface area is 86.3 Å². The van der Waals surface area contributed by atoms with Crippen molar-refractivity contribution in [1.82, 2.24) is 0 Å². The van der Waals surface area contributed by atoms with Gasteiger partial charge < -0.3 is 0 Å². The van der Waals surface area contributed by atoms with Crippen LogP contribution in [-0.4, -0.2) is 10.9 Å². The zero-order valence-corrected chi connectivity index (χ0v) is 8.31. The lowest BCUT2D eigenvalue weighted by atomic mass is 10.1. The molecule has 0 radical (unpaired) electrons. The van der Waals surface area contributed by atoms with Crippen molar-refractivity contribution in [3.63, 3.8) is 0 Å². The molecule has 0 N–H and O–H groups in total. The van der Waals surface area contributed by atoms with E-state index in [9.17, 15) is 9.59 Å². The molecule has 1 rings (SSSR count). The minimum absolute atomic E-state index is 0.176. The van der Waals surface area contributed by atoms with Crippen molar-refractivity contribution in [2.45, 2.75) is 6.42 Å². The molecule has 0 atom stereocenters. The van der Waals surface area contributed by atoms with E-state index in [2.05, 4.69) is 12.6 Å². The summed E-state index contributed by atoms with van der Waals surface area (Å²) in [6, 6.07) is 6.39. The first-order chi connectivity index (χ1) is 6.09. The molecule has 0 unspecified atom stereocenters. The molecule has 0 heterocycles. The fraction of sp³-hybridized carbons (Fsp3) is 0.111. The van der Waals surface area contributed by atoms with Crippen molar-refractivity contribution in [3.8, 4) is 0 Å². The number of thiol groups is 1. The third-order valence-electron chi connectivity index (χ3n) is 1.48. The first-order valence-corrected chi connectivity index (χ1v) is 4.42. The number of hydrogen-bond acceptors (Lipinski definition) is 2. The van der Waals surface area contributed by atoms with Gasteiger partial charge >= 0.3 is 0 Å². The van der Waals surface area contributed by atoms with Gasteiger partial charge in [-0.1, -0.05) is 11.6 Å². The molecule has 0 aromatic heterocycles. The number of Topliss-reactive ketones (excluding diaryl/α,β-unsaturated/α-hetero) is 1. The minimum atomic E-state index is -0.431. The third kappa shape index (κ3) is 3.20. The Bertz CT molecular complexity index is 332. The first kappa shape index (κ1) is 10.3. The molecule has 0 fully saturated rings. The van der Waals surface area contributed by atoms with Crippen molar-refractivity contribution >= 4 is 35.1 Å². The van der Waals surface area contributed by atoms with Crippen molar-refractivity contribution in [2.24, 2.45) is 0 Å². The van der Waals surface area contributed by atoms with E-state index >= 15 is 0 Å². The van der Waals surface area contributed by atoms with Crippen molar-refractivity contribution in [1.29, 1.82) is 0 Å². The zero-order valence-electron chi connectivity index (χ0n) is 6.66. The predicted molar refractivity (Wildman–Crippen MR) is 54.4 cm³/mol.